The van der Waals surface area contributed by atoms with E-state index in [1.165, 1.54) is 10.8 Å². The highest BCUT2D eigenvalue weighted by atomic mass is 16.3. The Bertz CT molecular complexity index is 1150. The fourth-order valence-corrected chi connectivity index (χ4v) is 3.24. The Morgan fingerprint density at radius 3 is 2.03 bits per heavy atom. The van der Waals surface area contributed by atoms with Crippen molar-refractivity contribution in [3.63, 3.8) is 0 Å². The van der Waals surface area contributed by atoms with E-state index in [1.54, 1.807) is 18.2 Å². The molecular weight excluding hydrogens is 366 g/mol. The van der Waals surface area contributed by atoms with E-state index in [-0.39, 0.29) is 30.2 Å². The van der Waals surface area contributed by atoms with Gasteiger partial charge in [0.2, 0.25) is 5.88 Å². The molecule has 0 unspecified atom stereocenters. The number of aromatic hydroxyl groups is 1. The van der Waals surface area contributed by atoms with Gasteiger partial charge in [0, 0.05) is 12.6 Å². The molecule has 0 fully saturated rings. The van der Waals surface area contributed by atoms with E-state index >= 15 is 0 Å². The average molecular weight is 385 g/mol. The molecule has 0 saturated carbocycles. The molecule has 2 heterocycles. The van der Waals surface area contributed by atoms with Gasteiger partial charge in [0.25, 0.3) is 5.56 Å². The molecule has 2 aromatic heterocycles. The SMILES string of the molecule is O=c1c(Cc2ccccc2)c(O)n(Cc2ccccc2)c(=O)n1-c1ccccn1. The van der Waals surface area contributed by atoms with Crippen molar-refractivity contribution in [3.8, 4) is 11.7 Å². The fraction of sp³-hybridized carbons (Fsp3) is 0.0870. The van der Waals surface area contributed by atoms with E-state index < -0.39 is 11.2 Å². The molecule has 6 nitrogen and oxygen atoms in total. The van der Waals surface area contributed by atoms with Crippen LogP contribution in [-0.4, -0.2) is 19.2 Å². The van der Waals surface area contributed by atoms with Gasteiger partial charge in [-0.15, -0.1) is 0 Å². The van der Waals surface area contributed by atoms with Crippen LogP contribution in [0.15, 0.2) is 94.6 Å². The molecule has 0 spiro atoms. The molecule has 0 amide bonds. The van der Waals surface area contributed by atoms with Crippen LogP contribution < -0.4 is 11.2 Å². The van der Waals surface area contributed by atoms with Gasteiger partial charge >= 0.3 is 5.69 Å². The van der Waals surface area contributed by atoms with Crippen molar-refractivity contribution in [1.82, 2.24) is 14.1 Å². The summed E-state index contributed by atoms with van der Waals surface area (Å²) < 4.78 is 2.23. The Hall–Kier alpha value is -3.93. The van der Waals surface area contributed by atoms with Gasteiger partial charge < -0.3 is 5.11 Å². The minimum Gasteiger partial charge on any atom is -0.494 e. The van der Waals surface area contributed by atoms with Gasteiger partial charge in [-0.25, -0.2) is 14.3 Å². The van der Waals surface area contributed by atoms with Gasteiger partial charge in [-0.05, 0) is 23.3 Å². The Balaban J connectivity index is 1.94. The summed E-state index contributed by atoms with van der Waals surface area (Å²) >= 11 is 0. The maximum Gasteiger partial charge on any atom is 0.340 e. The Morgan fingerprint density at radius 2 is 1.41 bits per heavy atom. The van der Waals surface area contributed by atoms with Gasteiger partial charge in [-0.1, -0.05) is 66.7 Å². The van der Waals surface area contributed by atoms with Crippen molar-refractivity contribution in [2.75, 3.05) is 0 Å². The van der Waals surface area contributed by atoms with Crippen molar-refractivity contribution < 1.29 is 5.11 Å². The highest BCUT2D eigenvalue weighted by Gasteiger charge is 2.20. The van der Waals surface area contributed by atoms with E-state index in [9.17, 15) is 14.7 Å². The Morgan fingerprint density at radius 1 is 0.793 bits per heavy atom. The van der Waals surface area contributed by atoms with Crippen LogP contribution in [0.5, 0.6) is 5.88 Å². The summed E-state index contributed by atoms with van der Waals surface area (Å²) in [5.41, 5.74) is 0.641. The summed E-state index contributed by atoms with van der Waals surface area (Å²) in [7, 11) is 0. The maximum atomic E-state index is 13.2. The Labute approximate surface area is 167 Å². The van der Waals surface area contributed by atoms with Crippen molar-refractivity contribution in [2.24, 2.45) is 0 Å². The molecule has 144 valence electrons. The van der Waals surface area contributed by atoms with Gasteiger partial charge in [-0.3, -0.25) is 9.36 Å². The van der Waals surface area contributed by atoms with Crippen molar-refractivity contribution in [2.45, 2.75) is 13.0 Å². The molecule has 0 aliphatic rings. The zero-order valence-electron chi connectivity index (χ0n) is 15.6. The number of aromatic nitrogens is 3. The lowest BCUT2D eigenvalue weighted by atomic mass is 10.1. The number of pyridine rings is 1. The van der Waals surface area contributed by atoms with Gasteiger partial charge in [0.1, 0.15) is 5.82 Å². The number of nitrogens with zero attached hydrogens (tertiary/aromatic N) is 3. The molecule has 1 N–H and O–H groups in total. The average Bonchev–Trinajstić information content (AvgIpc) is 2.77. The summed E-state index contributed by atoms with van der Waals surface area (Å²) in [5.74, 6) is -0.0986. The standard InChI is InChI=1S/C23H19N3O3/c27-21-19(15-17-9-3-1-4-10-17)22(28)26(20-13-7-8-14-24-20)23(29)25(21)16-18-11-5-2-6-12-18/h1-14,27H,15-16H2. The second kappa shape index (κ2) is 7.98. The monoisotopic (exact) mass is 385 g/mol. The zero-order chi connectivity index (χ0) is 20.2. The molecular formula is C23H19N3O3. The molecule has 4 rings (SSSR count). The van der Waals surface area contributed by atoms with E-state index in [0.717, 1.165) is 15.7 Å². The first-order chi connectivity index (χ1) is 14.1. The van der Waals surface area contributed by atoms with Crippen LogP contribution in [0.2, 0.25) is 0 Å². The maximum absolute atomic E-state index is 13.2. The minimum atomic E-state index is -0.633. The molecule has 29 heavy (non-hydrogen) atoms. The van der Waals surface area contributed by atoms with Gasteiger partial charge in [0.15, 0.2) is 0 Å². The number of hydrogen-bond acceptors (Lipinski definition) is 4. The van der Waals surface area contributed by atoms with Crippen molar-refractivity contribution in [1.29, 1.82) is 0 Å². The van der Waals surface area contributed by atoms with Crippen LogP contribution in [0.25, 0.3) is 5.82 Å². The van der Waals surface area contributed by atoms with Crippen LogP contribution in [0.3, 0.4) is 0 Å². The molecule has 4 aromatic rings. The first-order valence-electron chi connectivity index (χ1n) is 9.22. The quantitative estimate of drug-likeness (QED) is 0.573. The largest absolute Gasteiger partial charge is 0.494 e. The first kappa shape index (κ1) is 18.4. The third-order valence-electron chi connectivity index (χ3n) is 4.69. The number of rotatable bonds is 5. The molecule has 2 aromatic carbocycles. The summed E-state index contributed by atoms with van der Waals surface area (Å²) in [4.78, 5) is 30.5. The van der Waals surface area contributed by atoms with Crippen LogP contribution in [0.4, 0.5) is 0 Å². The number of benzene rings is 2. The van der Waals surface area contributed by atoms with Crippen LogP contribution >= 0.6 is 0 Å². The van der Waals surface area contributed by atoms with Gasteiger partial charge in [0.05, 0.1) is 12.1 Å². The smallest absolute Gasteiger partial charge is 0.340 e. The van der Waals surface area contributed by atoms with E-state index in [1.807, 2.05) is 60.7 Å². The summed E-state index contributed by atoms with van der Waals surface area (Å²) in [6, 6.07) is 23.7. The van der Waals surface area contributed by atoms with Gasteiger partial charge in [-0.2, -0.15) is 0 Å². The molecule has 6 heteroatoms. The lowest BCUT2D eigenvalue weighted by molar-refractivity contribution is 0.398. The second-order valence-electron chi connectivity index (χ2n) is 6.65. The van der Waals surface area contributed by atoms with E-state index in [2.05, 4.69) is 4.98 Å². The number of hydrogen-bond donors (Lipinski definition) is 1. The third-order valence-corrected chi connectivity index (χ3v) is 4.69. The normalized spacial score (nSPS) is 10.8. The summed E-state index contributed by atoms with van der Waals surface area (Å²) in [6.07, 6.45) is 1.72. The minimum absolute atomic E-state index is 0.139. The van der Waals surface area contributed by atoms with E-state index in [4.69, 9.17) is 0 Å². The predicted molar refractivity (Wildman–Crippen MR) is 111 cm³/mol. The fourth-order valence-electron chi connectivity index (χ4n) is 3.24. The first-order valence-corrected chi connectivity index (χ1v) is 9.22. The highest BCUT2D eigenvalue weighted by Crippen LogP contribution is 2.17. The third kappa shape index (κ3) is 3.73. The van der Waals surface area contributed by atoms with E-state index in [0.29, 0.717) is 0 Å². The molecule has 0 saturated heterocycles. The molecule has 0 radical (unpaired) electrons. The molecule has 0 aliphatic carbocycles. The van der Waals surface area contributed by atoms with Crippen molar-refractivity contribution >= 4 is 0 Å². The summed E-state index contributed by atoms with van der Waals surface area (Å²) in [5, 5.41) is 10.9. The van der Waals surface area contributed by atoms with Crippen LogP contribution in [0.1, 0.15) is 16.7 Å². The molecule has 0 atom stereocenters. The zero-order valence-corrected chi connectivity index (χ0v) is 15.6. The van der Waals surface area contributed by atoms with Crippen molar-refractivity contribution in [3.05, 3.63) is 123 Å². The predicted octanol–water partition coefficient (Wildman–Crippen LogP) is 2.74. The molecule has 0 aliphatic heterocycles. The Kier molecular flexibility index (Phi) is 5.07. The van der Waals surface area contributed by atoms with Crippen LogP contribution in [0, 0.1) is 0 Å². The topological polar surface area (TPSA) is 77.1 Å². The lowest BCUT2D eigenvalue weighted by Crippen LogP contribution is -2.41. The second-order valence-corrected chi connectivity index (χ2v) is 6.65. The summed E-state index contributed by atoms with van der Waals surface area (Å²) in [6.45, 7) is 0.139. The molecule has 0 bridgehead atoms. The van der Waals surface area contributed by atoms with Crippen LogP contribution in [-0.2, 0) is 13.0 Å². The lowest BCUT2D eigenvalue weighted by Gasteiger charge is -2.15. The highest BCUT2D eigenvalue weighted by molar-refractivity contribution is 5.34.